The predicted molar refractivity (Wildman–Crippen MR) is 94.4 cm³/mol. The molecule has 3 aromatic rings. The molecule has 23 heavy (non-hydrogen) atoms. The van der Waals surface area contributed by atoms with Crippen LogP contribution in [0.4, 0.5) is 0 Å². The average Bonchev–Trinajstić information content (AvgIpc) is 3.16. The fourth-order valence-corrected chi connectivity index (χ4v) is 3.86. The van der Waals surface area contributed by atoms with Crippen LogP contribution in [0, 0.1) is 0 Å². The van der Waals surface area contributed by atoms with Crippen molar-refractivity contribution in [1.29, 1.82) is 0 Å². The second-order valence-corrected chi connectivity index (χ2v) is 6.59. The molecular formula is C16H19ClN4OS. The molecule has 1 fully saturated rings. The van der Waals surface area contributed by atoms with Crippen LogP contribution in [0.5, 0.6) is 0 Å². The fraction of sp³-hybridized carbons (Fsp3) is 0.375. The molecular weight excluding hydrogens is 332 g/mol. The van der Waals surface area contributed by atoms with Crippen molar-refractivity contribution in [3.05, 3.63) is 46.9 Å². The number of aromatic nitrogens is 2. The number of likely N-dealkylation sites (N-methyl/N-ethyl adjacent to an activating group) is 1. The van der Waals surface area contributed by atoms with Crippen molar-refractivity contribution in [2.24, 2.45) is 0 Å². The SMILES string of the molecule is CN1CCNCC1c1noc(Cc2csc3ccccc23)n1.Cl. The van der Waals surface area contributed by atoms with Gasteiger partial charge in [0.25, 0.3) is 0 Å². The van der Waals surface area contributed by atoms with Crippen molar-refractivity contribution in [3.63, 3.8) is 0 Å². The van der Waals surface area contributed by atoms with Gasteiger partial charge in [-0.25, -0.2) is 0 Å². The van der Waals surface area contributed by atoms with Crippen molar-refractivity contribution < 1.29 is 4.52 Å². The zero-order valence-electron chi connectivity index (χ0n) is 12.9. The summed E-state index contributed by atoms with van der Waals surface area (Å²) in [5, 5.41) is 11.0. The summed E-state index contributed by atoms with van der Waals surface area (Å²) in [6, 6.07) is 8.63. The summed E-state index contributed by atoms with van der Waals surface area (Å²) in [7, 11) is 2.11. The maximum atomic E-state index is 5.48. The van der Waals surface area contributed by atoms with Crippen molar-refractivity contribution in [2.45, 2.75) is 12.5 Å². The summed E-state index contributed by atoms with van der Waals surface area (Å²) < 4.78 is 6.78. The highest BCUT2D eigenvalue weighted by Crippen LogP contribution is 2.27. The van der Waals surface area contributed by atoms with Crippen LogP contribution in [0.2, 0.25) is 0 Å². The quantitative estimate of drug-likeness (QED) is 0.787. The Labute approximate surface area is 145 Å². The Morgan fingerprint density at radius 1 is 1.39 bits per heavy atom. The van der Waals surface area contributed by atoms with Crippen LogP contribution in [-0.2, 0) is 6.42 Å². The van der Waals surface area contributed by atoms with E-state index in [1.165, 1.54) is 15.6 Å². The van der Waals surface area contributed by atoms with Crippen LogP contribution in [0.15, 0.2) is 34.2 Å². The molecule has 0 radical (unpaired) electrons. The first-order chi connectivity index (χ1) is 10.8. The van der Waals surface area contributed by atoms with Gasteiger partial charge in [0, 0.05) is 24.3 Å². The van der Waals surface area contributed by atoms with Crippen LogP contribution >= 0.6 is 23.7 Å². The number of benzene rings is 1. The molecule has 5 nitrogen and oxygen atoms in total. The molecule has 7 heteroatoms. The second-order valence-electron chi connectivity index (χ2n) is 5.68. The van der Waals surface area contributed by atoms with Crippen LogP contribution in [0.3, 0.4) is 0 Å². The van der Waals surface area contributed by atoms with Gasteiger partial charge in [-0.3, -0.25) is 4.90 Å². The van der Waals surface area contributed by atoms with Crippen LogP contribution in [0.1, 0.15) is 23.3 Å². The third kappa shape index (κ3) is 3.26. The van der Waals surface area contributed by atoms with Gasteiger partial charge in [0.1, 0.15) is 0 Å². The second kappa shape index (κ2) is 6.97. The first-order valence-electron chi connectivity index (χ1n) is 7.50. The smallest absolute Gasteiger partial charge is 0.231 e. The molecule has 0 amide bonds. The van der Waals surface area contributed by atoms with E-state index in [0.29, 0.717) is 12.3 Å². The third-order valence-electron chi connectivity index (χ3n) is 4.20. The lowest BCUT2D eigenvalue weighted by atomic mass is 10.1. The normalized spacial score (nSPS) is 18.9. The lowest BCUT2D eigenvalue weighted by Crippen LogP contribution is -2.44. The minimum atomic E-state index is 0. The number of halogens is 1. The van der Waals surface area contributed by atoms with E-state index in [1.54, 1.807) is 11.3 Å². The average molecular weight is 351 g/mol. The molecule has 1 aliphatic rings. The van der Waals surface area contributed by atoms with Crippen molar-refractivity contribution >= 4 is 33.8 Å². The minimum absolute atomic E-state index is 0. The van der Waals surface area contributed by atoms with E-state index in [1.807, 2.05) is 0 Å². The molecule has 1 saturated heterocycles. The van der Waals surface area contributed by atoms with Crippen LogP contribution < -0.4 is 5.32 Å². The summed E-state index contributed by atoms with van der Waals surface area (Å²) in [5.74, 6) is 1.47. The van der Waals surface area contributed by atoms with E-state index in [2.05, 4.69) is 57.1 Å². The topological polar surface area (TPSA) is 54.2 Å². The molecule has 122 valence electrons. The maximum Gasteiger partial charge on any atom is 0.231 e. The van der Waals surface area contributed by atoms with Crippen molar-refractivity contribution in [1.82, 2.24) is 20.4 Å². The Balaban J connectivity index is 0.00000156. The number of thiophene rings is 1. The Kier molecular flexibility index (Phi) is 4.96. The number of piperazine rings is 1. The molecule has 1 aliphatic heterocycles. The van der Waals surface area contributed by atoms with Gasteiger partial charge in [0.05, 0.1) is 12.5 Å². The predicted octanol–water partition coefficient (Wildman–Crippen LogP) is 2.87. The van der Waals surface area contributed by atoms with Gasteiger partial charge in [0.2, 0.25) is 5.89 Å². The van der Waals surface area contributed by atoms with Crippen LogP contribution in [-0.4, -0.2) is 41.7 Å². The van der Waals surface area contributed by atoms with Gasteiger partial charge in [-0.2, -0.15) is 4.98 Å². The number of fused-ring (bicyclic) bond motifs is 1. The van der Waals surface area contributed by atoms with E-state index in [4.69, 9.17) is 4.52 Å². The van der Waals surface area contributed by atoms with Gasteiger partial charge in [0.15, 0.2) is 5.82 Å². The minimum Gasteiger partial charge on any atom is -0.339 e. The molecule has 0 aliphatic carbocycles. The number of rotatable bonds is 3. The Hall–Kier alpha value is -1.47. The van der Waals surface area contributed by atoms with E-state index < -0.39 is 0 Å². The van der Waals surface area contributed by atoms with Crippen molar-refractivity contribution in [3.8, 4) is 0 Å². The first kappa shape index (κ1) is 16.4. The van der Waals surface area contributed by atoms with Gasteiger partial charge >= 0.3 is 0 Å². The zero-order chi connectivity index (χ0) is 14.9. The molecule has 0 saturated carbocycles. The molecule has 4 rings (SSSR count). The number of nitrogens with zero attached hydrogens (tertiary/aromatic N) is 3. The number of nitrogens with one attached hydrogen (secondary N) is 1. The Morgan fingerprint density at radius 3 is 3.13 bits per heavy atom. The van der Waals surface area contributed by atoms with Gasteiger partial charge in [-0.1, -0.05) is 23.4 Å². The van der Waals surface area contributed by atoms with Crippen molar-refractivity contribution in [2.75, 3.05) is 26.7 Å². The molecule has 2 aromatic heterocycles. The van der Waals surface area contributed by atoms with E-state index >= 15 is 0 Å². The van der Waals surface area contributed by atoms with E-state index in [0.717, 1.165) is 25.5 Å². The maximum absolute atomic E-state index is 5.48. The molecule has 0 bridgehead atoms. The molecule has 1 atom stereocenters. The largest absolute Gasteiger partial charge is 0.339 e. The summed E-state index contributed by atoms with van der Waals surface area (Å²) in [6.07, 6.45) is 0.695. The Morgan fingerprint density at radius 2 is 2.26 bits per heavy atom. The third-order valence-corrected chi connectivity index (χ3v) is 5.21. The van der Waals surface area contributed by atoms with Crippen LogP contribution in [0.25, 0.3) is 10.1 Å². The first-order valence-corrected chi connectivity index (χ1v) is 8.38. The zero-order valence-corrected chi connectivity index (χ0v) is 14.5. The lowest BCUT2D eigenvalue weighted by Gasteiger charge is -2.30. The van der Waals surface area contributed by atoms with Gasteiger partial charge < -0.3 is 9.84 Å². The molecule has 0 spiro atoms. The van der Waals surface area contributed by atoms with Gasteiger partial charge in [-0.15, -0.1) is 23.7 Å². The summed E-state index contributed by atoms with van der Waals surface area (Å²) in [6.45, 7) is 2.89. The summed E-state index contributed by atoms with van der Waals surface area (Å²) in [5.41, 5.74) is 1.26. The molecule has 1 N–H and O–H groups in total. The number of hydrogen-bond donors (Lipinski definition) is 1. The monoisotopic (exact) mass is 350 g/mol. The standard InChI is InChI=1S/C16H18N4OS.ClH/c1-20-7-6-17-9-13(20)16-18-15(21-19-16)8-11-10-22-14-5-3-2-4-12(11)14;/h2-5,10,13,17H,6-9H2,1H3;1H. The molecule has 1 unspecified atom stereocenters. The highest BCUT2D eigenvalue weighted by Gasteiger charge is 2.25. The Bertz CT molecular complexity index is 787. The fourth-order valence-electron chi connectivity index (χ4n) is 2.90. The number of hydrogen-bond acceptors (Lipinski definition) is 6. The van der Waals surface area contributed by atoms with E-state index in [9.17, 15) is 0 Å². The summed E-state index contributed by atoms with van der Waals surface area (Å²) in [4.78, 5) is 6.88. The lowest BCUT2D eigenvalue weighted by molar-refractivity contribution is 0.190. The highest BCUT2D eigenvalue weighted by atomic mass is 35.5. The highest BCUT2D eigenvalue weighted by molar-refractivity contribution is 7.17. The van der Waals surface area contributed by atoms with Gasteiger partial charge in [-0.05, 0) is 29.4 Å². The molecule has 3 heterocycles. The summed E-state index contributed by atoms with van der Waals surface area (Å²) >= 11 is 1.76. The molecule has 1 aromatic carbocycles. The van der Waals surface area contributed by atoms with E-state index in [-0.39, 0.29) is 18.4 Å².